The third-order valence-corrected chi connectivity index (χ3v) is 4.18. The van der Waals surface area contributed by atoms with Crippen LogP contribution in [0.1, 0.15) is 35.4 Å². The molecule has 2 saturated heterocycles. The predicted octanol–water partition coefficient (Wildman–Crippen LogP) is 1.65. The maximum absolute atomic E-state index is 10.8. The number of furan rings is 1. The molecule has 0 amide bonds. The van der Waals surface area contributed by atoms with Crippen molar-refractivity contribution in [3.8, 4) is 0 Å². The van der Waals surface area contributed by atoms with Crippen LogP contribution in [-0.2, 0) is 6.54 Å². The summed E-state index contributed by atoms with van der Waals surface area (Å²) in [6.45, 7) is 5.34. The molecule has 3 heterocycles. The van der Waals surface area contributed by atoms with Gasteiger partial charge in [0.2, 0.25) is 0 Å². The maximum atomic E-state index is 10.8. The lowest BCUT2D eigenvalue weighted by Crippen LogP contribution is -2.35. The highest BCUT2D eigenvalue weighted by Crippen LogP contribution is 2.22. The molecule has 19 heavy (non-hydrogen) atoms. The normalized spacial score (nSPS) is 25.2. The molecule has 0 spiro atoms. The molecule has 0 saturated carbocycles. The average molecular weight is 264 g/mol. The zero-order valence-corrected chi connectivity index (χ0v) is 11.0. The Labute approximate surface area is 112 Å². The number of likely N-dealkylation sites (tertiary alicyclic amines) is 2. The number of carboxylic acids is 1. The summed E-state index contributed by atoms with van der Waals surface area (Å²) in [5, 5.41) is 8.86. The van der Waals surface area contributed by atoms with Gasteiger partial charge in [0.25, 0.3) is 0 Å². The van der Waals surface area contributed by atoms with Crippen molar-refractivity contribution in [3.63, 3.8) is 0 Å². The van der Waals surface area contributed by atoms with Crippen molar-refractivity contribution in [2.45, 2.75) is 31.8 Å². The van der Waals surface area contributed by atoms with Crippen LogP contribution in [-0.4, -0.2) is 53.1 Å². The molecule has 0 aromatic carbocycles. The van der Waals surface area contributed by atoms with Gasteiger partial charge in [-0.05, 0) is 38.4 Å². The Kier molecular flexibility index (Phi) is 3.57. The van der Waals surface area contributed by atoms with Gasteiger partial charge >= 0.3 is 5.97 Å². The van der Waals surface area contributed by atoms with Gasteiger partial charge in [-0.3, -0.25) is 9.80 Å². The van der Waals surface area contributed by atoms with Crippen LogP contribution in [0.25, 0.3) is 0 Å². The first-order chi connectivity index (χ1) is 9.22. The summed E-state index contributed by atoms with van der Waals surface area (Å²) < 4.78 is 5.31. The molecule has 1 aromatic rings. The Morgan fingerprint density at radius 1 is 1.37 bits per heavy atom. The molecule has 0 bridgehead atoms. The Hall–Kier alpha value is -1.33. The summed E-state index contributed by atoms with van der Waals surface area (Å²) in [5.41, 5.74) is 0.241. The van der Waals surface area contributed by atoms with Crippen LogP contribution in [0.2, 0.25) is 0 Å². The van der Waals surface area contributed by atoms with E-state index in [-0.39, 0.29) is 5.56 Å². The third-order valence-electron chi connectivity index (χ3n) is 4.18. The van der Waals surface area contributed by atoms with Crippen LogP contribution in [0.15, 0.2) is 16.7 Å². The van der Waals surface area contributed by atoms with Crippen molar-refractivity contribution in [2.24, 2.45) is 0 Å². The third kappa shape index (κ3) is 2.82. The van der Waals surface area contributed by atoms with E-state index in [1.807, 2.05) is 0 Å². The Balaban J connectivity index is 1.54. The molecule has 5 heteroatoms. The Morgan fingerprint density at radius 3 is 2.84 bits per heavy atom. The lowest BCUT2D eigenvalue weighted by molar-refractivity contribution is 0.0696. The van der Waals surface area contributed by atoms with Gasteiger partial charge in [-0.1, -0.05) is 0 Å². The zero-order valence-electron chi connectivity index (χ0n) is 11.0. The molecule has 1 N–H and O–H groups in total. The number of rotatable bonds is 4. The second-order valence-corrected chi connectivity index (χ2v) is 5.53. The smallest absolute Gasteiger partial charge is 0.338 e. The van der Waals surface area contributed by atoms with Crippen molar-refractivity contribution in [3.05, 3.63) is 23.7 Å². The molecule has 5 nitrogen and oxygen atoms in total. The van der Waals surface area contributed by atoms with E-state index in [1.54, 1.807) is 6.07 Å². The molecular formula is C14H20N2O3. The molecule has 1 unspecified atom stereocenters. The van der Waals surface area contributed by atoms with Crippen molar-refractivity contribution in [2.75, 3.05) is 26.2 Å². The van der Waals surface area contributed by atoms with E-state index in [1.165, 1.54) is 38.6 Å². The van der Waals surface area contributed by atoms with Crippen molar-refractivity contribution in [1.29, 1.82) is 0 Å². The van der Waals surface area contributed by atoms with Crippen molar-refractivity contribution >= 4 is 5.97 Å². The van der Waals surface area contributed by atoms with E-state index in [0.29, 0.717) is 6.04 Å². The van der Waals surface area contributed by atoms with E-state index >= 15 is 0 Å². The quantitative estimate of drug-likeness (QED) is 0.896. The van der Waals surface area contributed by atoms with E-state index in [2.05, 4.69) is 9.80 Å². The molecule has 104 valence electrons. The van der Waals surface area contributed by atoms with Crippen LogP contribution in [0.3, 0.4) is 0 Å². The fourth-order valence-corrected chi connectivity index (χ4v) is 3.16. The number of aromatic carboxylic acids is 1. The first kappa shape index (κ1) is 12.7. The zero-order chi connectivity index (χ0) is 13.2. The minimum Gasteiger partial charge on any atom is -0.478 e. The largest absolute Gasteiger partial charge is 0.478 e. The number of carbonyl (C=O) groups is 1. The lowest BCUT2D eigenvalue weighted by atomic mass is 10.2. The average Bonchev–Trinajstić information content (AvgIpc) is 3.09. The molecule has 0 radical (unpaired) electrons. The number of carboxylic acid groups (broad SMARTS) is 1. The van der Waals surface area contributed by atoms with E-state index < -0.39 is 5.97 Å². The Morgan fingerprint density at radius 2 is 2.16 bits per heavy atom. The van der Waals surface area contributed by atoms with Gasteiger partial charge in [-0.15, -0.1) is 0 Å². The summed E-state index contributed by atoms with van der Waals surface area (Å²) in [4.78, 5) is 15.7. The van der Waals surface area contributed by atoms with Gasteiger partial charge in [0, 0.05) is 19.1 Å². The predicted molar refractivity (Wildman–Crippen MR) is 70.2 cm³/mol. The standard InChI is InChI=1S/C14H20N2O3/c17-14(18)11-7-13(19-10-11)9-15-6-3-12(8-15)16-4-1-2-5-16/h7,10,12H,1-6,8-9H2,(H,17,18). The van der Waals surface area contributed by atoms with Gasteiger partial charge in [0.1, 0.15) is 12.0 Å². The minimum atomic E-state index is -0.925. The fraction of sp³-hybridized carbons (Fsp3) is 0.643. The highest BCUT2D eigenvalue weighted by atomic mass is 16.4. The number of hydrogen-bond acceptors (Lipinski definition) is 4. The first-order valence-corrected chi connectivity index (χ1v) is 6.99. The van der Waals surface area contributed by atoms with E-state index in [0.717, 1.165) is 25.4 Å². The van der Waals surface area contributed by atoms with Crippen LogP contribution in [0, 0.1) is 0 Å². The summed E-state index contributed by atoms with van der Waals surface area (Å²) in [7, 11) is 0. The van der Waals surface area contributed by atoms with E-state index in [4.69, 9.17) is 9.52 Å². The van der Waals surface area contributed by atoms with E-state index in [9.17, 15) is 4.79 Å². The second kappa shape index (κ2) is 5.35. The molecule has 1 aromatic heterocycles. The molecule has 0 aliphatic carbocycles. The lowest BCUT2D eigenvalue weighted by Gasteiger charge is -2.23. The number of hydrogen-bond donors (Lipinski definition) is 1. The Bertz CT molecular complexity index is 451. The molecule has 3 rings (SSSR count). The van der Waals surface area contributed by atoms with Gasteiger partial charge in [-0.25, -0.2) is 4.79 Å². The molecule has 2 aliphatic rings. The van der Waals surface area contributed by atoms with Gasteiger partial charge in [0.15, 0.2) is 0 Å². The summed E-state index contributed by atoms with van der Waals surface area (Å²) in [5.74, 6) is -0.175. The van der Waals surface area contributed by atoms with Gasteiger partial charge < -0.3 is 9.52 Å². The van der Waals surface area contributed by atoms with Crippen molar-refractivity contribution < 1.29 is 14.3 Å². The highest BCUT2D eigenvalue weighted by Gasteiger charge is 2.29. The molecule has 2 fully saturated rings. The van der Waals surface area contributed by atoms with Crippen LogP contribution < -0.4 is 0 Å². The highest BCUT2D eigenvalue weighted by molar-refractivity contribution is 5.87. The summed E-state index contributed by atoms with van der Waals surface area (Å²) in [6, 6.07) is 2.31. The SMILES string of the molecule is O=C(O)c1coc(CN2CCC(N3CCCC3)C2)c1. The second-order valence-electron chi connectivity index (χ2n) is 5.53. The monoisotopic (exact) mass is 264 g/mol. The molecule has 1 atom stereocenters. The van der Waals surface area contributed by atoms with Crippen LogP contribution in [0.4, 0.5) is 0 Å². The van der Waals surface area contributed by atoms with Crippen molar-refractivity contribution in [1.82, 2.24) is 9.80 Å². The maximum Gasteiger partial charge on any atom is 0.338 e. The van der Waals surface area contributed by atoms with Gasteiger partial charge in [-0.2, -0.15) is 0 Å². The molecule has 2 aliphatic heterocycles. The van der Waals surface area contributed by atoms with Crippen LogP contribution >= 0.6 is 0 Å². The first-order valence-electron chi connectivity index (χ1n) is 6.99. The fourth-order valence-electron chi connectivity index (χ4n) is 3.16. The summed E-state index contributed by atoms with van der Waals surface area (Å²) in [6.07, 6.45) is 5.20. The van der Waals surface area contributed by atoms with Crippen LogP contribution in [0.5, 0.6) is 0 Å². The number of nitrogens with zero attached hydrogens (tertiary/aromatic N) is 2. The van der Waals surface area contributed by atoms with Gasteiger partial charge in [0.05, 0.1) is 12.1 Å². The summed E-state index contributed by atoms with van der Waals surface area (Å²) >= 11 is 0. The topological polar surface area (TPSA) is 56.9 Å². The minimum absolute atomic E-state index is 0.241. The molecular weight excluding hydrogens is 244 g/mol.